The summed E-state index contributed by atoms with van der Waals surface area (Å²) < 4.78 is 25.8. The summed E-state index contributed by atoms with van der Waals surface area (Å²) in [6.45, 7) is 0. The fraction of sp³-hybridized carbons (Fsp3) is 0.273. The van der Waals surface area contributed by atoms with Crippen molar-refractivity contribution in [3.63, 3.8) is 0 Å². The van der Waals surface area contributed by atoms with Gasteiger partial charge in [0.2, 0.25) is 0 Å². The Bertz CT molecular complexity index is 321. The second kappa shape index (κ2) is 5.91. The smallest absolute Gasteiger partial charge is 0.162 e. The van der Waals surface area contributed by atoms with Crippen LogP contribution in [0.25, 0.3) is 0 Å². The van der Waals surface area contributed by atoms with E-state index in [-0.39, 0.29) is 0 Å². The molecule has 0 saturated heterocycles. The van der Waals surface area contributed by atoms with E-state index >= 15 is 0 Å². The molecule has 0 heterocycles. The summed E-state index contributed by atoms with van der Waals surface area (Å²) >= 11 is 3.28. The predicted octanol–water partition coefficient (Wildman–Crippen LogP) is 3.85. The Morgan fingerprint density at radius 2 is 2.00 bits per heavy atom. The fourth-order valence-corrected chi connectivity index (χ4v) is 1.36. The third kappa shape index (κ3) is 3.22. The number of allylic oxidation sites excluding steroid dienone is 2. The normalized spacial score (nSPS) is 11.1. The van der Waals surface area contributed by atoms with Gasteiger partial charge < -0.3 is 0 Å². The van der Waals surface area contributed by atoms with Gasteiger partial charge in [-0.3, -0.25) is 0 Å². The molecular weight excluding hydrogens is 250 g/mol. The molecule has 0 aromatic heterocycles. The maximum Gasteiger partial charge on any atom is 0.162 e. The van der Waals surface area contributed by atoms with E-state index < -0.39 is 11.6 Å². The van der Waals surface area contributed by atoms with Crippen LogP contribution in [0.1, 0.15) is 12.0 Å². The van der Waals surface area contributed by atoms with Crippen molar-refractivity contribution in [1.29, 1.82) is 0 Å². The van der Waals surface area contributed by atoms with Crippen molar-refractivity contribution in [2.45, 2.75) is 12.8 Å². The van der Waals surface area contributed by atoms with Crippen LogP contribution in [0.2, 0.25) is 0 Å². The third-order valence-corrected chi connectivity index (χ3v) is 2.27. The van der Waals surface area contributed by atoms with Gasteiger partial charge in [-0.25, -0.2) is 8.78 Å². The summed E-state index contributed by atoms with van der Waals surface area (Å²) in [5, 5.41) is 0.884. The largest absolute Gasteiger partial charge is 0.204 e. The van der Waals surface area contributed by atoms with E-state index in [0.717, 1.165) is 17.8 Å². The lowest BCUT2D eigenvalue weighted by Crippen LogP contribution is -1.91. The van der Waals surface area contributed by atoms with Crippen molar-refractivity contribution in [3.05, 3.63) is 47.5 Å². The van der Waals surface area contributed by atoms with Gasteiger partial charge in [-0.1, -0.05) is 40.2 Å². The first-order chi connectivity index (χ1) is 6.75. The van der Waals surface area contributed by atoms with E-state index in [0.29, 0.717) is 12.0 Å². The van der Waals surface area contributed by atoms with Crippen molar-refractivity contribution < 1.29 is 8.78 Å². The maximum absolute atomic E-state index is 13.1. The molecule has 3 heteroatoms. The summed E-state index contributed by atoms with van der Waals surface area (Å²) in [4.78, 5) is 0. The molecule has 0 aliphatic heterocycles. The van der Waals surface area contributed by atoms with Gasteiger partial charge in [-0.2, -0.15) is 0 Å². The molecule has 0 aliphatic carbocycles. The number of halogens is 3. The van der Waals surface area contributed by atoms with Gasteiger partial charge in [0.05, 0.1) is 0 Å². The Balaban J connectivity index is 2.63. The molecule has 76 valence electrons. The molecule has 0 nitrogen and oxygen atoms in total. The van der Waals surface area contributed by atoms with E-state index in [4.69, 9.17) is 0 Å². The van der Waals surface area contributed by atoms with Crippen LogP contribution in [0.4, 0.5) is 8.78 Å². The summed E-state index contributed by atoms with van der Waals surface area (Å²) in [6.07, 6.45) is 5.13. The molecular formula is C11H11BrF2. The van der Waals surface area contributed by atoms with E-state index in [9.17, 15) is 8.78 Å². The summed E-state index contributed by atoms with van der Waals surface area (Å²) in [5.74, 6) is -1.52. The SMILES string of the molecule is Fc1cccc(CC=CCCBr)c1F. The molecule has 0 spiro atoms. The average Bonchev–Trinajstić information content (AvgIpc) is 2.19. The molecule has 1 aromatic carbocycles. The van der Waals surface area contributed by atoms with Crippen molar-refractivity contribution in [2.75, 3.05) is 5.33 Å². The first kappa shape index (κ1) is 11.4. The van der Waals surface area contributed by atoms with Gasteiger partial charge in [0, 0.05) is 5.33 Å². The minimum Gasteiger partial charge on any atom is -0.204 e. The van der Waals surface area contributed by atoms with Crippen molar-refractivity contribution >= 4 is 15.9 Å². The number of alkyl halides is 1. The second-order valence-electron chi connectivity index (χ2n) is 2.87. The lowest BCUT2D eigenvalue weighted by molar-refractivity contribution is 0.501. The highest BCUT2D eigenvalue weighted by molar-refractivity contribution is 9.09. The summed E-state index contributed by atoms with van der Waals surface area (Å²) in [6, 6.07) is 4.24. The van der Waals surface area contributed by atoms with Gasteiger partial charge in [0.1, 0.15) is 0 Å². The first-order valence-corrected chi connectivity index (χ1v) is 5.51. The van der Waals surface area contributed by atoms with Gasteiger partial charge in [0.25, 0.3) is 0 Å². The van der Waals surface area contributed by atoms with Gasteiger partial charge in [-0.05, 0) is 24.5 Å². The average molecular weight is 261 g/mol. The zero-order valence-corrected chi connectivity index (χ0v) is 9.23. The zero-order valence-electron chi connectivity index (χ0n) is 7.64. The van der Waals surface area contributed by atoms with Crippen molar-refractivity contribution in [1.82, 2.24) is 0 Å². The Morgan fingerprint density at radius 1 is 1.21 bits per heavy atom. The molecule has 0 saturated carbocycles. The van der Waals surface area contributed by atoms with Crippen molar-refractivity contribution in [2.24, 2.45) is 0 Å². The van der Waals surface area contributed by atoms with Crippen molar-refractivity contribution in [3.8, 4) is 0 Å². The minimum absolute atomic E-state index is 0.399. The Morgan fingerprint density at radius 3 is 2.71 bits per heavy atom. The van der Waals surface area contributed by atoms with E-state index in [1.54, 1.807) is 6.07 Å². The predicted molar refractivity (Wildman–Crippen MR) is 57.6 cm³/mol. The Kier molecular flexibility index (Phi) is 4.80. The summed E-state index contributed by atoms with van der Waals surface area (Å²) in [5.41, 5.74) is 0.399. The maximum atomic E-state index is 13.1. The highest BCUT2D eigenvalue weighted by Crippen LogP contribution is 2.12. The van der Waals surface area contributed by atoms with Gasteiger partial charge >= 0.3 is 0 Å². The van der Waals surface area contributed by atoms with Crippen LogP contribution in [0, 0.1) is 11.6 Å². The Hall–Kier alpha value is -0.700. The number of rotatable bonds is 4. The third-order valence-electron chi connectivity index (χ3n) is 1.81. The van der Waals surface area contributed by atoms with Crippen LogP contribution in [-0.2, 0) is 6.42 Å². The zero-order chi connectivity index (χ0) is 10.4. The molecule has 0 unspecified atom stereocenters. The van der Waals surface area contributed by atoms with Gasteiger partial charge in [0.15, 0.2) is 11.6 Å². The van der Waals surface area contributed by atoms with Crippen LogP contribution < -0.4 is 0 Å². The van der Waals surface area contributed by atoms with Crippen LogP contribution in [-0.4, -0.2) is 5.33 Å². The molecule has 0 radical (unpaired) electrons. The lowest BCUT2D eigenvalue weighted by atomic mass is 10.1. The molecule has 0 fully saturated rings. The van der Waals surface area contributed by atoms with E-state index in [1.807, 2.05) is 12.2 Å². The first-order valence-electron chi connectivity index (χ1n) is 4.39. The molecule has 0 N–H and O–H groups in total. The lowest BCUT2D eigenvalue weighted by Gasteiger charge is -1.99. The van der Waals surface area contributed by atoms with E-state index in [1.165, 1.54) is 6.07 Å². The molecule has 0 bridgehead atoms. The fourth-order valence-electron chi connectivity index (χ4n) is 1.10. The monoisotopic (exact) mass is 260 g/mol. The molecule has 14 heavy (non-hydrogen) atoms. The topological polar surface area (TPSA) is 0 Å². The number of hydrogen-bond donors (Lipinski definition) is 0. The molecule has 1 rings (SSSR count). The number of benzene rings is 1. The number of hydrogen-bond acceptors (Lipinski definition) is 0. The quantitative estimate of drug-likeness (QED) is 0.570. The standard InChI is InChI=1S/C11H11BrF2/c12-8-3-1-2-5-9-6-4-7-10(13)11(9)14/h1-2,4,6-7H,3,5,8H2. The van der Waals surface area contributed by atoms with Crippen LogP contribution >= 0.6 is 15.9 Å². The van der Waals surface area contributed by atoms with Gasteiger partial charge in [-0.15, -0.1) is 0 Å². The highest BCUT2D eigenvalue weighted by Gasteiger charge is 2.04. The van der Waals surface area contributed by atoms with E-state index in [2.05, 4.69) is 15.9 Å². The Labute approximate surface area is 90.8 Å². The molecule has 0 atom stereocenters. The molecule has 0 amide bonds. The molecule has 1 aromatic rings. The van der Waals surface area contributed by atoms with Crippen LogP contribution in [0.3, 0.4) is 0 Å². The second-order valence-corrected chi connectivity index (χ2v) is 3.66. The minimum atomic E-state index is -0.781. The van der Waals surface area contributed by atoms with Crippen LogP contribution in [0.15, 0.2) is 30.4 Å². The highest BCUT2D eigenvalue weighted by atomic mass is 79.9. The molecule has 0 aliphatic rings. The van der Waals surface area contributed by atoms with Crippen LogP contribution in [0.5, 0.6) is 0 Å². The summed E-state index contributed by atoms with van der Waals surface area (Å²) in [7, 11) is 0.